The monoisotopic (exact) mass is 237 g/mol. The van der Waals surface area contributed by atoms with Crippen LogP contribution in [0.3, 0.4) is 0 Å². The fourth-order valence-corrected chi connectivity index (χ4v) is 2.17. The van der Waals surface area contributed by atoms with Gasteiger partial charge in [-0.25, -0.2) is 0 Å². The van der Waals surface area contributed by atoms with Crippen LogP contribution in [0.5, 0.6) is 0 Å². The van der Waals surface area contributed by atoms with Crippen molar-refractivity contribution in [1.82, 2.24) is 4.90 Å². The zero-order chi connectivity index (χ0) is 12.7. The van der Waals surface area contributed by atoms with Crippen LogP contribution in [0.2, 0.25) is 0 Å². The average Bonchev–Trinajstić information content (AvgIpc) is 2.65. The molecule has 1 heterocycles. The maximum Gasteiger partial charge on any atom is 0.261 e. The molecule has 0 radical (unpaired) electrons. The molecule has 0 unspecified atom stereocenters. The summed E-state index contributed by atoms with van der Waals surface area (Å²) in [6.07, 6.45) is 0. The van der Waals surface area contributed by atoms with Crippen LogP contribution in [-0.4, -0.2) is 23.8 Å². The summed E-state index contributed by atoms with van der Waals surface area (Å²) in [6.45, 7) is 0. The Morgan fingerprint density at radius 3 is 2.17 bits per heavy atom. The largest absolute Gasteiger partial charge is 0.277 e. The Labute approximate surface area is 105 Å². The van der Waals surface area contributed by atoms with Gasteiger partial charge in [-0.2, -0.15) is 0 Å². The topological polar surface area (TPSA) is 37.4 Å². The van der Waals surface area contributed by atoms with Gasteiger partial charge in [0.25, 0.3) is 11.8 Å². The highest BCUT2D eigenvalue weighted by molar-refractivity contribution is 6.21. The SMILES string of the molecule is CN1C(=O)c2ccc(-c3ccccc3)cc2C1=O. The summed E-state index contributed by atoms with van der Waals surface area (Å²) >= 11 is 0. The van der Waals surface area contributed by atoms with Crippen molar-refractivity contribution in [2.75, 3.05) is 7.05 Å². The molecular formula is C15H11NO2. The normalized spacial score (nSPS) is 13.9. The number of fused-ring (bicyclic) bond motifs is 1. The van der Waals surface area contributed by atoms with E-state index in [1.165, 1.54) is 7.05 Å². The molecule has 0 fully saturated rings. The third-order valence-corrected chi connectivity index (χ3v) is 3.20. The standard InChI is InChI=1S/C15H11NO2/c1-16-14(17)12-8-7-11(9-13(12)15(16)18)10-5-3-2-4-6-10/h2-9H,1H3. The van der Waals surface area contributed by atoms with Gasteiger partial charge < -0.3 is 0 Å². The van der Waals surface area contributed by atoms with E-state index in [9.17, 15) is 9.59 Å². The molecule has 0 atom stereocenters. The lowest BCUT2D eigenvalue weighted by Crippen LogP contribution is -2.24. The lowest BCUT2D eigenvalue weighted by molar-refractivity contribution is 0.0693. The lowest BCUT2D eigenvalue weighted by Gasteiger charge is -2.03. The van der Waals surface area contributed by atoms with E-state index in [0.29, 0.717) is 11.1 Å². The third-order valence-electron chi connectivity index (χ3n) is 3.20. The highest BCUT2D eigenvalue weighted by Crippen LogP contribution is 2.27. The fraction of sp³-hybridized carbons (Fsp3) is 0.0667. The van der Waals surface area contributed by atoms with Gasteiger partial charge in [-0.15, -0.1) is 0 Å². The molecule has 2 aromatic rings. The zero-order valence-electron chi connectivity index (χ0n) is 9.88. The lowest BCUT2D eigenvalue weighted by atomic mass is 10.0. The summed E-state index contributed by atoms with van der Waals surface area (Å²) in [6, 6.07) is 15.2. The second-order valence-electron chi connectivity index (χ2n) is 4.30. The van der Waals surface area contributed by atoms with Gasteiger partial charge in [-0.3, -0.25) is 14.5 Å². The van der Waals surface area contributed by atoms with Gasteiger partial charge >= 0.3 is 0 Å². The number of amides is 2. The molecule has 88 valence electrons. The van der Waals surface area contributed by atoms with Gasteiger partial charge in [0, 0.05) is 7.05 Å². The molecule has 0 aromatic heterocycles. The van der Waals surface area contributed by atoms with Crippen LogP contribution in [0.1, 0.15) is 20.7 Å². The van der Waals surface area contributed by atoms with Crippen molar-refractivity contribution in [3.8, 4) is 11.1 Å². The summed E-state index contributed by atoms with van der Waals surface area (Å²) in [7, 11) is 1.51. The quantitative estimate of drug-likeness (QED) is 0.715. The molecule has 0 spiro atoms. The smallest absolute Gasteiger partial charge is 0.261 e. The number of hydrogen-bond donors (Lipinski definition) is 0. The van der Waals surface area contributed by atoms with Crippen LogP contribution in [0.25, 0.3) is 11.1 Å². The molecule has 0 N–H and O–H groups in total. The maximum atomic E-state index is 11.9. The Bertz CT molecular complexity index is 647. The molecule has 3 heteroatoms. The third kappa shape index (κ3) is 1.44. The van der Waals surface area contributed by atoms with Crippen molar-refractivity contribution in [2.24, 2.45) is 0 Å². The van der Waals surface area contributed by atoms with Gasteiger partial charge in [-0.05, 0) is 23.3 Å². The molecule has 0 bridgehead atoms. The second kappa shape index (κ2) is 3.81. The van der Waals surface area contributed by atoms with E-state index in [0.717, 1.165) is 16.0 Å². The average molecular weight is 237 g/mol. The molecule has 0 saturated heterocycles. The van der Waals surface area contributed by atoms with E-state index in [1.807, 2.05) is 36.4 Å². The van der Waals surface area contributed by atoms with Gasteiger partial charge in [0.2, 0.25) is 0 Å². The van der Waals surface area contributed by atoms with Crippen LogP contribution < -0.4 is 0 Å². The molecule has 2 amide bonds. The first-order valence-corrected chi connectivity index (χ1v) is 5.70. The van der Waals surface area contributed by atoms with Crippen LogP contribution in [-0.2, 0) is 0 Å². The highest BCUT2D eigenvalue weighted by atomic mass is 16.2. The molecular weight excluding hydrogens is 226 g/mol. The molecule has 18 heavy (non-hydrogen) atoms. The summed E-state index contributed by atoms with van der Waals surface area (Å²) in [5.41, 5.74) is 2.96. The van der Waals surface area contributed by atoms with E-state index in [4.69, 9.17) is 0 Å². The predicted molar refractivity (Wildman–Crippen MR) is 68.3 cm³/mol. The minimum absolute atomic E-state index is 0.227. The minimum Gasteiger partial charge on any atom is -0.277 e. The van der Waals surface area contributed by atoms with Crippen molar-refractivity contribution in [2.45, 2.75) is 0 Å². The molecule has 3 nitrogen and oxygen atoms in total. The number of carbonyl (C=O) groups is 2. The van der Waals surface area contributed by atoms with Crippen molar-refractivity contribution < 1.29 is 9.59 Å². The van der Waals surface area contributed by atoms with Crippen molar-refractivity contribution in [3.63, 3.8) is 0 Å². The fourth-order valence-electron chi connectivity index (χ4n) is 2.17. The number of benzene rings is 2. The predicted octanol–water partition coefficient (Wildman–Crippen LogP) is 2.58. The Kier molecular flexibility index (Phi) is 2.27. The van der Waals surface area contributed by atoms with E-state index in [-0.39, 0.29) is 11.8 Å². The van der Waals surface area contributed by atoms with Crippen LogP contribution >= 0.6 is 0 Å². The van der Waals surface area contributed by atoms with Gasteiger partial charge in [0.1, 0.15) is 0 Å². The van der Waals surface area contributed by atoms with Gasteiger partial charge in [-0.1, -0.05) is 36.4 Å². The number of carbonyl (C=O) groups excluding carboxylic acids is 2. The molecule has 0 saturated carbocycles. The molecule has 3 rings (SSSR count). The first kappa shape index (κ1) is 10.7. The number of rotatable bonds is 1. The first-order valence-electron chi connectivity index (χ1n) is 5.70. The first-order chi connectivity index (χ1) is 8.68. The summed E-state index contributed by atoms with van der Waals surface area (Å²) in [4.78, 5) is 24.8. The van der Waals surface area contributed by atoms with E-state index in [2.05, 4.69) is 0 Å². The van der Waals surface area contributed by atoms with E-state index >= 15 is 0 Å². The second-order valence-corrected chi connectivity index (χ2v) is 4.30. The number of nitrogens with zero attached hydrogens (tertiary/aromatic N) is 1. The summed E-state index contributed by atoms with van der Waals surface area (Å²) in [5.74, 6) is -0.456. The number of hydrogen-bond acceptors (Lipinski definition) is 2. The minimum atomic E-state index is -0.229. The van der Waals surface area contributed by atoms with Crippen LogP contribution in [0, 0.1) is 0 Å². The van der Waals surface area contributed by atoms with Crippen LogP contribution in [0.4, 0.5) is 0 Å². The van der Waals surface area contributed by atoms with Crippen LogP contribution in [0.15, 0.2) is 48.5 Å². The molecule has 2 aromatic carbocycles. The zero-order valence-corrected chi connectivity index (χ0v) is 9.88. The van der Waals surface area contributed by atoms with Crippen molar-refractivity contribution >= 4 is 11.8 Å². The highest BCUT2D eigenvalue weighted by Gasteiger charge is 2.32. The van der Waals surface area contributed by atoms with E-state index in [1.54, 1.807) is 12.1 Å². The van der Waals surface area contributed by atoms with Crippen molar-refractivity contribution in [3.05, 3.63) is 59.7 Å². The van der Waals surface area contributed by atoms with E-state index < -0.39 is 0 Å². The van der Waals surface area contributed by atoms with Crippen molar-refractivity contribution in [1.29, 1.82) is 0 Å². The summed E-state index contributed by atoms with van der Waals surface area (Å²) in [5, 5.41) is 0. The molecule has 1 aliphatic heterocycles. The Balaban J connectivity index is 2.14. The Morgan fingerprint density at radius 2 is 1.44 bits per heavy atom. The molecule has 0 aliphatic carbocycles. The summed E-state index contributed by atoms with van der Waals surface area (Å²) < 4.78 is 0. The maximum absolute atomic E-state index is 11.9. The molecule has 1 aliphatic rings. The Morgan fingerprint density at radius 1 is 0.778 bits per heavy atom. The Hall–Kier alpha value is -2.42. The number of imide groups is 1. The van der Waals surface area contributed by atoms with Gasteiger partial charge in [0.05, 0.1) is 11.1 Å². The van der Waals surface area contributed by atoms with Gasteiger partial charge in [0.15, 0.2) is 0 Å².